The summed E-state index contributed by atoms with van der Waals surface area (Å²) in [4.78, 5) is 4.31. The van der Waals surface area contributed by atoms with E-state index in [1.165, 1.54) is 12.8 Å². The number of nitrogens with two attached hydrogens (primary N) is 1. The van der Waals surface area contributed by atoms with Crippen LogP contribution in [0.3, 0.4) is 0 Å². The molecule has 0 saturated heterocycles. The molecule has 1 aromatic rings. The lowest BCUT2D eigenvalue weighted by atomic mass is 10.1. The van der Waals surface area contributed by atoms with Crippen molar-refractivity contribution in [1.29, 1.82) is 0 Å². The first kappa shape index (κ1) is 15.1. The summed E-state index contributed by atoms with van der Waals surface area (Å²) in [5, 5.41) is 3.16. The zero-order valence-corrected chi connectivity index (χ0v) is 13.1. The molecule has 2 rings (SSSR count). The van der Waals surface area contributed by atoms with Gasteiger partial charge < -0.3 is 15.8 Å². The number of hydrogen-bond acceptors (Lipinski definition) is 2. The molecule has 0 heterocycles. The first-order valence-electron chi connectivity index (χ1n) is 5.89. The maximum Gasteiger partial charge on any atom is 0.189 e. The van der Waals surface area contributed by atoms with Gasteiger partial charge >= 0.3 is 0 Å². The summed E-state index contributed by atoms with van der Waals surface area (Å²) in [5.74, 6) is 1.45. The SMILES string of the molecule is COc1ccc(CN=C(N)NC2CC2)cc1C.I. The fourth-order valence-corrected chi connectivity index (χ4v) is 1.70. The second-order valence-corrected chi connectivity index (χ2v) is 4.42. The maximum absolute atomic E-state index is 5.77. The van der Waals surface area contributed by atoms with Crippen LogP contribution in [0.2, 0.25) is 0 Å². The Kier molecular flexibility index (Phi) is 5.71. The molecule has 1 aliphatic rings. The monoisotopic (exact) mass is 361 g/mol. The summed E-state index contributed by atoms with van der Waals surface area (Å²) in [5.41, 5.74) is 8.03. The highest BCUT2D eigenvalue weighted by Crippen LogP contribution is 2.19. The molecule has 0 atom stereocenters. The Morgan fingerprint density at radius 1 is 1.50 bits per heavy atom. The Hall–Kier alpha value is -0.980. The average Bonchev–Trinajstić information content (AvgIpc) is 3.10. The van der Waals surface area contributed by atoms with Gasteiger partial charge in [0.05, 0.1) is 13.7 Å². The van der Waals surface area contributed by atoms with Gasteiger partial charge in [-0.25, -0.2) is 4.99 Å². The fraction of sp³-hybridized carbons (Fsp3) is 0.462. The number of hydrogen-bond donors (Lipinski definition) is 2. The highest BCUT2D eigenvalue weighted by molar-refractivity contribution is 14.0. The van der Waals surface area contributed by atoms with Crippen LogP contribution in [-0.4, -0.2) is 19.1 Å². The van der Waals surface area contributed by atoms with Crippen LogP contribution in [0.15, 0.2) is 23.2 Å². The minimum absolute atomic E-state index is 0. The van der Waals surface area contributed by atoms with Crippen molar-refractivity contribution < 1.29 is 4.74 Å². The van der Waals surface area contributed by atoms with Gasteiger partial charge in [-0.2, -0.15) is 0 Å². The van der Waals surface area contributed by atoms with E-state index in [0.29, 0.717) is 18.5 Å². The van der Waals surface area contributed by atoms with Gasteiger partial charge in [0.1, 0.15) is 5.75 Å². The Morgan fingerprint density at radius 3 is 2.78 bits per heavy atom. The molecular formula is C13H20IN3O. The fourth-order valence-electron chi connectivity index (χ4n) is 1.70. The molecule has 18 heavy (non-hydrogen) atoms. The summed E-state index contributed by atoms with van der Waals surface area (Å²) in [6, 6.07) is 6.60. The number of guanidine groups is 1. The molecule has 3 N–H and O–H groups in total. The highest BCUT2D eigenvalue weighted by atomic mass is 127. The van der Waals surface area contributed by atoms with Crippen LogP contribution >= 0.6 is 24.0 Å². The Balaban J connectivity index is 0.00000162. The smallest absolute Gasteiger partial charge is 0.189 e. The summed E-state index contributed by atoms with van der Waals surface area (Å²) >= 11 is 0. The molecule has 5 heteroatoms. The number of rotatable bonds is 4. The summed E-state index contributed by atoms with van der Waals surface area (Å²) < 4.78 is 5.21. The zero-order valence-electron chi connectivity index (χ0n) is 10.8. The zero-order chi connectivity index (χ0) is 12.3. The minimum atomic E-state index is 0. The predicted molar refractivity (Wildman–Crippen MR) is 84.6 cm³/mol. The molecule has 0 bridgehead atoms. The number of nitrogens with one attached hydrogen (secondary N) is 1. The van der Waals surface area contributed by atoms with Crippen LogP contribution in [-0.2, 0) is 6.54 Å². The third-order valence-electron chi connectivity index (χ3n) is 2.82. The normalized spacial score (nSPS) is 14.9. The lowest BCUT2D eigenvalue weighted by Gasteiger charge is -2.07. The van der Waals surface area contributed by atoms with Crippen molar-refractivity contribution in [3.05, 3.63) is 29.3 Å². The van der Waals surface area contributed by atoms with E-state index in [0.717, 1.165) is 16.9 Å². The minimum Gasteiger partial charge on any atom is -0.496 e. The van der Waals surface area contributed by atoms with Gasteiger partial charge in [-0.15, -0.1) is 24.0 Å². The van der Waals surface area contributed by atoms with Crippen LogP contribution in [0.4, 0.5) is 0 Å². The summed E-state index contributed by atoms with van der Waals surface area (Å²) in [7, 11) is 1.68. The molecule has 0 radical (unpaired) electrons. The Bertz CT molecular complexity index is 430. The largest absolute Gasteiger partial charge is 0.496 e. The van der Waals surface area contributed by atoms with Crippen LogP contribution < -0.4 is 15.8 Å². The van der Waals surface area contributed by atoms with Crippen molar-refractivity contribution in [3.63, 3.8) is 0 Å². The van der Waals surface area contributed by atoms with Crippen molar-refractivity contribution in [1.82, 2.24) is 5.32 Å². The lowest BCUT2D eigenvalue weighted by molar-refractivity contribution is 0.411. The second kappa shape index (κ2) is 6.82. The van der Waals surface area contributed by atoms with Crippen molar-refractivity contribution in [2.75, 3.05) is 7.11 Å². The molecule has 0 unspecified atom stereocenters. The number of aryl methyl sites for hydroxylation is 1. The molecule has 1 aliphatic carbocycles. The number of benzene rings is 1. The van der Waals surface area contributed by atoms with Gasteiger partial charge in [0.25, 0.3) is 0 Å². The van der Waals surface area contributed by atoms with E-state index in [4.69, 9.17) is 10.5 Å². The number of aliphatic imine (C=N–C) groups is 1. The van der Waals surface area contributed by atoms with E-state index in [2.05, 4.69) is 16.4 Å². The maximum atomic E-state index is 5.77. The molecule has 1 fully saturated rings. The number of methoxy groups -OCH3 is 1. The highest BCUT2D eigenvalue weighted by Gasteiger charge is 2.21. The van der Waals surface area contributed by atoms with Gasteiger partial charge in [-0.05, 0) is 37.0 Å². The first-order chi connectivity index (χ1) is 8.19. The van der Waals surface area contributed by atoms with Gasteiger partial charge in [-0.3, -0.25) is 0 Å². The van der Waals surface area contributed by atoms with Crippen molar-refractivity contribution in [2.24, 2.45) is 10.7 Å². The molecular weight excluding hydrogens is 341 g/mol. The molecule has 0 aliphatic heterocycles. The predicted octanol–water partition coefficient (Wildman–Crippen LogP) is 2.19. The van der Waals surface area contributed by atoms with Crippen LogP contribution in [0.5, 0.6) is 5.75 Å². The average molecular weight is 361 g/mol. The van der Waals surface area contributed by atoms with Gasteiger partial charge in [0, 0.05) is 6.04 Å². The summed E-state index contributed by atoms with van der Waals surface area (Å²) in [6.07, 6.45) is 2.41. The first-order valence-corrected chi connectivity index (χ1v) is 5.89. The molecule has 4 nitrogen and oxygen atoms in total. The van der Waals surface area contributed by atoms with Crippen molar-refractivity contribution in [3.8, 4) is 5.75 Å². The molecule has 1 aromatic carbocycles. The Labute approximate surface area is 125 Å². The lowest BCUT2D eigenvalue weighted by Crippen LogP contribution is -2.33. The third-order valence-corrected chi connectivity index (χ3v) is 2.82. The second-order valence-electron chi connectivity index (χ2n) is 4.42. The van der Waals surface area contributed by atoms with E-state index in [1.54, 1.807) is 7.11 Å². The van der Waals surface area contributed by atoms with Gasteiger partial charge in [0.15, 0.2) is 5.96 Å². The quantitative estimate of drug-likeness (QED) is 0.491. The molecule has 100 valence electrons. The molecule has 0 spiro atoms. The Morgan fingerprint density at radius 2 is 2.22 bits per heavy atom. The van der Waals surface area contributed by atoms with Crippen LogP contribution in [0.1, 0.15) is 24.0 Å². The van der Waals surface area contributed by atoms with Gasteiger partial charge in [-0.1, -0.05) is 12.1 Å². The molecule has 1 saturated carbocycles. The van der Waals surface area contributed by atoms with Gasteiger partial charge in [0.2, 0.25) is 0 Å². The summed E-state index contributed by atoms with van der Waals surface area (Å²) in [6.45, 7) is 2.63. The number of ether oxygens (including phenoxy) is 1. The third kappa shape index (κ3) is 4.36. The van der Waals surface area contributed by atoms with Crippen LogP contribution in [0, 0.1) is 6.92 Å². The van der Waals surface area contributed by atoms with E-state index in [1.807, 2.05) is 19.1 Å². The number of halogens is 1. The topological polar surface area (TPSA) is 59.6 Å². The molecule has 0 amide bonds. The molecule has 0 aromatic heterocycles. The van der Waals surface area contributed by atoms with E-state index < -0.39 is 0 Å². The van der Waals surface area contributed by atoms with Crippen molar-refractivity contribution >= 4 is 29.9 Å². The number of nitrogens with zero attached hydrogens (tertiary/aromatic N) is 1. The van der Waals surface area contributed by atoms with Crippen molar-refractivity contribution in [2.45, 2.75) is 32.4 Å². The van der Waals surface area contributed by atoms with E-state index in [-0.39, 0.29) is 24.0 Å². The standard InChI is InChI=1S/C13H19N3O.HI/c1-9-7-10(3-6-12(9)17-2)8-15-13(14)16-11-4-5-11;/h3,6-7,11H,4-5,8H2,1-2H3,(H3,14,15,16);1H. The van der Waals surface area contributed by atoms with E-state index in [9.17, 15) is 0 Å². The van der Waals surface area contributed by atoms with E-state index >= 15 is 0 Å². The van der Waals surface area contributed by atoms with Crippen LogP contribution in [0.25, 0.3) is 0 Å².